The largest absolute Gasteiger partial charge is 0.453 e. The molecule has 0 fully saturated rings. The minimum absolute atomic E-state index is 0.429. The van der Waals surface area contributed by atoms with Crippen molar-refractivity contribution in [2.75, 3.05) is 0 Å². The maximum absolute atomic E-state index is 6.70. The molecule has 0 atom stereocenters. The Morgan fingerprint density at radius 2 is 0.842 bits per heavy atom. The summed E-state index contributed by atoms with van der Waals surface area (Å²) in [6, 6.07) is 39.6. The average Bonchev–Trinajstić information content (AvgIpc) is 3.52. The van der Waals surface area contributed by atoms with E-state index in [-0.39, 0.29) is 0 Å². The highest BCUT2D eigenvalue weighted by Gasteiger charge is 2.39. The van der Waals surface area contributed by atoms with Crippen molar-refractivity contribution in [2.45, 2.75) is 5.92 Å². The molecule has 4 nitrogen and oxygen atoms in total. The molecule has 0 N–H and O–H groups in total. The van der Waals surface area contributed by atoms with E-state index in [1.807, 2.05) is 115 Å². The smallest absolute Gasteiger partial charge is 0.174 e. The summed E-state index contributed by atoms with van der Waals surface area (Å²) in [5, 5.41) is 2.06. The van der Waals surface area contributed by atoms with Crippen molar-refractivity contribution in [1.82, 2.24) is 0 Å². The number of hydrogen-bond acceptors (Lipinski definition) is 5. The van der Waals surface area contributed by atoms with Gasteiger partial charge in [-0.2, -0.15) is 0 Å². The highest BCUT2D eigenvalue weighted by Crippen LogP contribution is 2.50. The van der Waals surface area contributed by atoms with Gasteiger partial charge >= 0.3 is 0 Å². The Morgan fingerprint density at radius 3 is 1.26 bits per heavy atom. The first-order valence-corrected chi connectivity index (χ1v) is 13.2. The molecule has 2 aliphatic heterocycles. The van der Waals surface area contributed by atoms with Gasteiger partial charge in [0.2, 0.25) is 0 Å². The number of rotatable bonds is 5. The molecule has 0 aliphatic carbocycles. The van der Waals surface area contributed by atoms with Crippen LogP contribution >= 0.6 is 11.3 Å². The summed E-state index contributed by atoms with van der Waals surface area (Å²) in [6.07, 6.45) is 0. The van der Waals surface area contributed by atoms with Crippen molar-refractivity contribution in [2.24, 2.45) is 0 Å². The third kappa shape index (κ3) is 4.03. The summed E-state index contributed by atoms with van der Waals surface area (Å²) < 4.78 is 26.5. The minimum Gasteiger partial charge on any atom is -0.453 e. The van der Waals surface area contributed by atoms with Crippen LogP contribution in [0.3, 0.4) is 0 Å². The van der Waals surface area contributed by atoms with Gasteiger partial charge < -0.3 is 18.9 Å². The second-order valence-electron chi connectivity index (χ2n) is 8.87. The molecule has 0 bridgehead atoms. The molecule has 2 aliphatic rings. The van der Waals surface area contributed by atoms with Crippen molar-refractivity contribution in [3.8, 4) is 23.0 Å². The molecule has 0 radical (unpaired) electrons. The van der Waals surface area contributed by atoms with E-state index in [1.54, 1.807) is 11.3 Å². The Bertz CT molecular complexity index is 1550. The van der Waals surface area contributed by atoms with Gasteiger partial charge in [0, 0.05) is 16.0 Å². The van der Waals surface area contributed by atoms with E-state index in [2.05, 4.69) is 11.4 Å². The standard InChI is InChI=1S/C33H22O4S/c1-3-12-22(13-4-1)30-32(36-26-18-9-7-16-24(26)34-30)29(28-20-11-21-38-28)33-31(23-14-5-2-6-15-23)35-25-17-8-10-19-27(25)37-33/h1-21,29H. The molecule has 7 rings (SSSR count). The Kier molecular flexibility index (Phi) is 5.68. The fourth-order valence-corrected chi connectivity index (χ4v) is 5.50. The third-order valence-electron chi connectivity index (χ3n) is 6.43. The highest BCUT2D eigenvalue weighted by atomic mass is 32.1. The van der Waals surface area contributed by atoms with Crippen LogP contribution in [0.4, 0.5) is 0 Å². The molecule has 5 aromatic rings. The van der Waals surface area contributed by atoms with Crippen molar-refractivity contribution in [1.29, 1.82) is 0 Å². The van der Waals surface area contributed by atoms with Crippen LogP contribution in [0, 0.1) is 0 Å². The van der Waals surface area contributed by atoms with Gasteiger partial charge in [0.1, 0.15) is 5.92 Å². The zero-order valence-electron chi connectivity index (χ0n) is 20.2. The lowest BCUT2D eigenvalue weighted by Crippen LogP contribution is -2.23. The third-order valence-corrected chi connectivity index (χ3v) is 7.37. The van der Waals surface area contributed by atoms with Gasteiger partial charge in [0.25, 0.3) is 0 Å². The van der Waals surface area contributed by atoms with E-state index >= 15 is 0 Å². The van der Waals surface area contributed by atoms with E-state index in [4.69, 9.17) is 18.9 Å². The fourth-order valence-electron chi connectivity index (χ4n) is 4.68. The number of thiophene rings is 1. The molecule has 0 amide bonds. The molecule has 184 valence electrons. The minimum atomic E-state index is -0.429. The van der Waals surface area contributed by atoms with Gasteiger partial charge in [-0.3, -0.25) is 0 Å². The van der Waals surface area contributed by atoms with Crippen molar-refractivity contribution in [3.63, 3.8) is 0 Å². The molecular formula is C33H22O4S. The van der Waals surface area contributed by atoms with Crippen LogP contribution in [0.5, 0.6) is 23.0 Å². The van der Waals surface area contributed by atoms with Crippen LogP contribution in [-0.2, 0) is 0 Å². The Hall–Kier alpha value is -4.74. The summed E-state index contributed by atoms with van der Waals surface area (Å²) in [7, 11) is 0. The SMILES string of the molecule is c1ccc(C2=C(C(C3=C(c4ccccc4)Oc4ccccc4O3)c3cccs3)Oc3ccccc3O2)cc1. The number of fused-ring (bicyclic) bond motifs is 2. The van der Waals surface area contributed by atoms with Crippen LogP contribution < -0.4 is 18.9 Å². The van der Waals surface area contributed by atoms with Gasteiger partial charge in [-0.1, -0.05) is 91.0 Å². The zero-order valence-corrected chi connectivity index (χ0v) is 21.1. The topological polar surface area (TPSA) is 36.9 Å². The van der Waals surface area contributed by atoms with E-state index in [0.717, 1.165) is 16.0 Å². The molecule has 4 aromatic carbocycles. The molecule has 38 heavy (non-hydrogen) atoms. The normalized spacial score (nSPS) is 14.1. The van der Waals surface area contributed by atoms with E-state index < -0.39 is 5.92 Å². The second-order valence-corrected chi connectivity index (χ2v) is 9.85. The molecule has 0 spiro atoms. The molecule has 3 heterocycles. The Labute approximate surface area is 224 Å². The quantitative estimate of drug-likeness (QED) is 0.236. The molecular weight excluding hydrogens is 492 g/mol. The van der Waals surface area contributed by atoms with Crippen LogP contribution in [0.2, 0.25) is 0 Å². The van der Waals surface area contributed by atoms with Crippen LogP contribution in [0.25, 0.3) is 11.5 Å². The maximum atomic E-state index is 6.70. The number of benzene rings is 4. The van der Waals surface area contributed by atoms with Gasteiger partial charge in [-0.25, -0.2) is 0 Å². The molecule has 0 unspecified atom stereocenters. The Balaban J connectivity index is 1.49. The molecule has 1 aromatic heterocycles. The van der Waals surface area contributed by atoms with Crippen molar-refractivity contribution >= 4 is 22.9 Å². The Morgan fingerprint density at radius 1 is 0.421 bits per heavy atom. The fraction of sp³-hybridized carbons (Fsp3) is 0.0303. The van der Waals surface area contributed by atoms with Gasteiger partial charge in [0.15, 0.2) is 46.0 Å². The molecule has 5 heteroatoms. The first kappa shape index (κ1) is 22.5. The summed E-state index contributed by atoms with van der Waals surface area (Å²) in [4.78, 5) is 1.04. The summed E-state index contributed by atoms with van der Waals surface area (Å²) >= 11 is 1.64. The highest BCUT2D eigenvalue weighted by molar-refractivity contribution is 7.10. The zero-order chi connectivity index (χ0) is 25.3. The predicted octanol–water partition coefficient (Wildman–Crippen LogP) is 8.51. The van der Waals surface area contributed by atoms with E-state index in [9.17, 15) is 0 Å². The van der Waals surface area contributed by atoms with E-state index in [1.165, 1.54) is 0 Å². The molecule has 0 saturated carbocycles. The second kappa shape index (κ2) is 9.61. The van der Waals surface area contributed by atoms with Gasteiger partial charge in [-0.05, 0) is 35.7 Å². The first-order chi connectivity index (χ1) is 18.8. The van der Waals surface area contributed by atoms with Crippen molar-refractivity contribution < 1.29 is 18.9 Å². The lowest BCUT2D eigenvalue weighted by molar-refractivity contribution is 0.281. The predicted molar refractivity (Wildman–Crippen MR) is 149 cm³/mol. The number of ether oxygens (including phenoxy) is 4. The average molecular weight is 515 g/mol. The first-order valence-electron chi connectivity index (χ1n) is 12.4. The monoisotopic (exact) mass is 514 g/mol. The maximum Gasteiger partial charge on any atom is 0.174 e. The lowest BCUT2D eigenvalue weighted by Gasteiger charge is -2.32. The van der Waals surface area contributed by atoms with Crippen LogP contribution in [-0.4, -0.2) is 0 Å². The summed E-state index contributed by atoms with van der Waals surface area (Å²) in [5.41, 5.74) is 1.83. The van der Waals surface area contributed by atoms with Crippen LogP contribution in [0.1, 0.15) is 21.9 Å². The van der Waals surface area contributed by atoms with Gasteiger partial charge in [0.05, 0.1) is 0 Å². The van der Waals surface area contributed by atoms with Gasteiger partial charge in [-0.15, -0.1) is 11.3 Å². The molecule has 0 saturated heterocycles. The summed E-state index contributed by atoms with van der Waals surface area (Å²) in [6.45, 7) is 0. The lowest BCUT2D eigenvalue weighted by atomic mass is 9.95. The van der Waals surface area contributed by atoms with Crippen molar-refractivity contribution in [3.05, 3.63) is 154 Å². The summed E-state index contributed by atoms with van der Waals surface area (Å²) in [5.74, 6) is 4.79. The van der Waals surface area contributed by atoms with Crippen LogP contribution in [0.15, 0.2) is 138 Å². The number of para-hydroxylation sites is 4. The number of hydrogen-bond donors (Lipinski definition) is 0. The van der Waals surface area contributed by atoms with E-state index in [0.29, 0.717) is 46.0 Å².